The molecule has 5 nitrogen and oxygen atoms in total. The Labute approximate surface area is 223 Å². The van der Waals surface area contributed by atoms with Crippen molar-refractivity contribution in [2.45, 2.75) is 32.4 Å². The van der Waals surface area contributed by atoms with Crippen LogP contribution in [0.25, 0.3) is 10.9 Å². The third kappa shape index (κ3) is 5.57. The van der Waals surface area contributed by atoms with Gasteiger partial charge in [0.05, 0.1) is 7.11 Å². The van der Waals surface area contributed by atoms with Gasteiger partial charge >= 0.3 is 0 Å². The highest BCUT2D eigenvalue weighted by Gasteiger charge is 2.23. The molecular formula is C33H32N2O3. The highest BCUT2D eigenvalue weighted by atomic mass is 16.5. The van der Waals surface area contributed by atoms with Crippen LogP contribution in [0.2, 0.25) is 0 Å². The Balaban J connectivity index is 1.51. The number of hydrogen-bond donors (Lipinski definition) is 1. The van der Waals surface area contributed by atoms with Crippen LogP contribution in [-0.2, 0) is 17.9 Å². The van der Waals surface area contributed by atoms with Crippen molar-refractivity contribution in [1.82, 2.24) is 4.57 Å². The highest BCUT2D eigenvalue weighted by molar-refractivity contribution is 5.86. The summed E-state index contributed by atoms with van der Waals surface area (Å²) in [5, 5.41) is 1.11. The minimum atomic E-state index is -0.353. The van der Waals surface area contributed by atoms with E-state index < -0.39 is 0 Å². The van der Waals surface area contributed by atoms with Crippen molar-refractivity contribution in [3.8, 4) is 11.5 Å². The van der Waals surface area contributed by atoms with Crippen molar-refractivity contribution in [3.05, 3.63) is 131 Å². The van der Waals surface area contributed by atoms with Gasteiger partial charge in [0.1, 0.15) is 6.61 Å². The number of nitrogens with two attached hydrogens (primary N) is 1. The third-order valence-electron chi connectivity index (χ3n) is 6.90. The van der Waals surface area contributed by atoms with Crippen LogP contribution < -0.4 is 15.2 Å². The lowest BCUT2D eigenvalue weighted by Gasteiger charge is -2.18. The Morgan fingerprint density at radius 3 is 2.34 bits per heavy atom. The van der Waals surface area contributed by atoms with Crippen LogP contribution in [0.5, 0.6) is 11.5 Å². The number of methoxy groups -OCH3 is 1. The molecule has 1 atom stereocenters. The number of aromatic nitrogens is 1. The predicted octanol–water partition coefficient (Wildman–Crippen LogP) is 6.59. The number of aryl methyl sites for hydroxylation is 1. The first-order valence-corrected chi connectivity index (χ1v) is 12.8. The summed E-state index contributed by atoms with van der Waals surface area (Å²) in [4.78, 5) is 12.3. The van der Waals surface area contributed by atoms with Gasteiger partial charge in [0.2, 0.25) is 5.91 Å². The fraction of sp³-hybridized carbons (Fsp3) is 0.182. The van der Waals surface area contributed by atoms with Crippen LogP contribution in [-0.4, -0.2) is 17.6 Å². The molecule has 38 heavy (non-hydrogen) atoms. The van der Waals surface area contributed by atoms with Crippen LogP contribution in [0, 0.1) is 6.92 Å². The van der Waals surface area contributed by atoms with Crippen molar-refractivity contribution < 1.29 is 14.3 Å². The molecule has 4 aromatic carbocycles. The van der Waals surface area contributed by atoms with Crippen molar-refractivity contribution >= 4 is 16.8 Å². The van der Waals surface area contributed by atoms with Gasteiger partial charge < -0.3 is 19.8 Å². The Morgan fingerprint density at radius 2 is 1.61 bits per heavy atom. The number of hydrogen-bond acceptors (Lipinski definition) is 3. The lowest BCUT2D eigenvalue weighted by Crippen LogP contribution is -2.16. The number of para-hydroxylation sites is 1. The molecule has 0 bridgehead atoms. The molecule has 0 aliphatic rings. The predicted molar refractivity (Wildman–Crippen MR) is 152 cm³/mol. The summed E-state index contributed by atoms with van der Waals surface area (Å²) in [5.41, 5.74) is 12.4. The van der Waals surface area contributed by atoms with Gasteiger partial charge in [0.25, 0.3) is 0 Å². The molecule has 0 spiro atoms. The first-order valence-electron chi connectivity index (χ1n) is 12.8. The molecule has 0 radical (unpaired) electrons. The number of fused-ring (bicyclic) bond motifs is 1. The van der Waals surface area contributed by atoms with Gasteiger partial charge in [-0.25, -0.2) is 0 Å². The molecule has 0 unspecified atom stereocenters. The quantitative estimate of drug-likeness (QED) is 0.233. The SMILES string of the molecule is COc1cc([C@@H](CC(N)=O)c2cn(Cc3ccc(C)cc3)c3ccccc23)ccc1OCc1ccccc1. The van der Waals surface area contributed by atoms with Gasteiger partial charge in [0.15, 0.2) is 11.5 Å². The summed E-state index contributed by atoms with van der Waals surface area (Å²) in [7, 11) is 1.63. The van der Waals surface area contributed by atoms with Gasteiger partial charge in [-0.15, -0.1) is 0 Å². The Hall–Kier alpha value is -4.51. The minimum absolute atomic E-state index is 0.186. The molecule has 0 saturated carbocycles. The Kier molecular flexibility index (Phi) is 7.45. The average molecular weight is 505 g/mol. The second-order valence-corrected chi connectivity index (χ2v) is 9.62. The zero-order chi connectivity index (χ0) is 26.5. The summed E-state index contributed by atoms with van der Waals surface area (Å²) in [5.74, 6) is 0.693. The molecule has 0 fully saturated rings. The molecule has 5 heteroatoms. The molecule has 0 aliphatic heterocycles. The van der Waals surface area contributed by atoms with Crippen LogP contribution in [0.1, 0.15) is 40.2 Å². The first kappa shape index (κ1) is 25.2. The maximum Gasteiger partial charge on any atom is 0.218 e. The smallest absolute Gasteiger partial charge is 0.218 e. The molecule has 1 amide bonds. The summed E-state index contributed by atoms with van der Waals surface area (Å²) >= 11 is 0. The molecule has 0 saturated heterocycles. The first-order chi connectivity index (χ1) is 18.5. The van der Waals surface area contributed by atoms with Gasteiger partial charge in [-0.05, 0) is 47.4 Å². The van der Waals surface area contributed by atoms with Crippen LogP contribution in [0.15, 0.2) is 103 Å². The number of rotatable bonds is 10. The van der Waals surface area contributed by atoms with Gasteiger partial charge in [-0.2, -0.15) is 0 Å². The van der Waals surface area contributed by atoms with Crippen LogP contribution in [0.3, 0.4) is 0 Å². The van der Waals surface area contributed by atoms with E-state index in [2.05, 4.69) is 54.1 Å². The van der Waals surface area contributed by atoms with Gasteiger partial charge in [-0.3, -0.25) is 4.79 Å². The summed E-state index contributed by atoms with van der Waals surface area (Å²) < 4.78 is 14.0. The third-order valence-corrected chi connectivity index (χ3v) is 6.90. The van der Waals surface area contributed by atoms with E-state index in [0.717, 1.165) is 34.1 Å². The second-order valence-electron chi connectivity index (χ2n) is 9.62. The molecule has 1 aromatic heterocycles. The number of benzene rings is 4. The molecule has 2 N–H and O–H groups in total. The minimum Gasteiger partial charge on any atom is -0.493 e. The second kappa shape index (κ2) is 11.3. The van der Waals surface area contributed by atoms with Crippen molar-refractivity contribution in [2.75, 3.05) is 7.11 Å². The molecule has 1 heterocycles. The number of carbonyl (C=O) groups excluding carboxylic acids is 1. The van der Waals surface area contributed by atoms with Crippen molar-refractivity contribution in [3.63, 3.8) is 0 Å². The number of ether oxygens (including phenoxy) is 2. The summed E-state index contributed by atoms with van der Waals surface area (Å²) in [6.07, 6.45) is 2.34. The van der Waals surface area contributed by atoms with E-state index in [-0.39, 0.29) is 18.2 Å². The van der Waals surface area contributed by atoms with E-state index in [0.29, 0.717) is 18.1 Å². The number of amides is 1. The Morgan fingerprint density at radius 1 is 0.868 bits per heavy atom. The summed E-state index contributed by atoms with van der Waals surface area (Å²) in [6.45, 7) is 3.26. The average Bonchev–Trinajstić information content (AvgIpc) is 3.30. The largest absolute Gasteiger partial charge is 0.493 e. The topological polar surface area (TPSA) is 66.5 Å². The fourth-order valence-electron chi connectivity index (χ4n) is 4.94. The zero-order valence-electron chi connectivity index (χ0n) is 21.8. The molecule has 192 valence electrons. The normalized spacial score (nSPS) is 11.8. The molecule has 5 aromatic rings. The maximum absolute atomic E-state index is 12.3. The van der Waals surface area contributed by atoms with E-state index in [4.69, 9.17) is 15.2 Å². The number of carbonyl (C=O) groups is 1. The molecule has 5 rings (SSSR count). The number of nitrogens with zero attached hydrogens (tertiary/aromatic N) is 1. The van der Waals surface area contributed by atoms with Crippen LogP contribution >= 0.6 is 0 Å². The van der Waals surface area contributed by atoms with Gasteiger partial charge in [0, 0.05) is 36.0 Å². The monoisotopic (exact) mass is 504 g/mol. The van der Waals surface area contributed by atoms with E-state index >= 15 is 0 Å². The van der Waals surface area contributed by atoms with Crippen molar-refractivity contribution in [1.29, 1.82) is 0 Å². The molecular weight excluding hydrogens is 472 g/mol. The lowest BCUT2D eigenvalue weighted by molar-refractivity contribution is -0.118. The summed E-state index contributed by atoms with van der Waals surface area (Å²) in [6, 6.07) is 32.8. The van der Waals surface area contributed by atoms with E-state index in [9.17, 15) is 4.79 Å². The van der Waals surface area contributed by atoms with Crippen LogP contribution in [0.4, 0.5) is 0 Å². The number of primary amides is 1. The zero-order valence-corrected chi connectivity index (χ0v) is 21.8. The van der Waals surface area contributed by atoms with Gasteiger partial charge in [-0.1, -0.05) is 84.4 Å². The standard InChI is InChI=1S/C33H32N2O3/c1-23-12-14-24(15-13-23)20-35-21-29(27-10-6-7-11-30(27)35)28(19-33(34)36)26-16-17-31(32(18-26)37-2)38-22-25-8-4-3-5-9-25/h3-18,21,28H,19-20,22H2,1-2H3,(H2,34,36)/t28-/m1/s1. The fourth-order valence-corrected chi connectivity index (χ4v) is 4.94. The van der Waals surface area contributed by atoms with E-state index in [1.165, 1.54) is 11.1 Å². The van der Waals surface area contributed by atoms with E-state index in [1.54, 1.807) is 7.11 Å². The Bertz CT molecular complexity index is 1540. The van der Waals surface area contributed by atoms with Crippen molar-refractivity contribution in [2.24, 2.45) is 5.73 Å². The lowest BCUT2D eigenvalue weighted by atomic mass is 9.88. The van der Waals surface area contributed by atoms with E-state index in [1.807, 2.05) is 60.7 Å². The highest BCUT2D eigenvalue weighted by Crippen LogP contribution is 2.39. The maximum atomic E-state index is 12.3. The molecule has 0 aliphatic carbocycles.